The smallest absolute Gasteiger partial charge is 0.307 e. The molecule has 0 aliphatic carbocycles. The minimum Gasteiger partial charge on any atom is -0.466 e. The molecule has 2 rings (SSSR count). The van der Waals surface area contributed by atoms with Crippen LogP contribution in [-0.4, -0.2) is 47.2 Å². The fraction of sp³-hybridized carbons (Fsp3) is 0.357. The van der Waals surface area contributed by atoms with Gasteiger partial charge in [0.15, 0.2) is 5.69 Å². The fourth-order valence-corrected chi connectivity index (χ4v) is 1.97. The second-order valence-corrected chi connectivity index (χ2v) is 4.66. The van der Waals surface area contributed by atoms with E-state index in [1.54, 1.807) is 32.2 Å². The van der Waals surface area contributed by atoms with E-state index in [1.807, 2.05) is 0 Å². The van der Waals surface area contributed by atoms with Gasteiger partial charge in [0.25, 0.3) is 5.91 Å². The van der Waals surface area contributed by atoms with Crippen LogP contribution < -0.4 is 5.73 Å². The van der Waals surface area contributed by atoms with E-state index in [2.05, 4.69) is 10.2 Å². The Hall–Kier alpha value is -2.57. The van der Waals surface area contributed by atoms with Gasteiger partial charge in [-0.15, -0.1) is 0 Å². The highest BCUT2D eigenvalue weighted by molar-refractivity contribution is 6.05. The number of aromatic amines is 1. The molecule has 1 amide bonds. The number of amides is 1. The summed E-state index contributed by atoms with van der Waals surface area (Å²) in [5.41, 5.74) is 7.33. The Morgan fingerprint density at radius 2 is 2.19 bits per heavy atom. The van der Waals surface area contributed by atoms with Gasteiger partial charge in [-0.2, -0.15) is 5.10 Å². The molecule has 112 valence electrons. The highest BCUT2D eigenvalue weighted by Crippen LogP contribution is 2.19. The largest absolute Gasteiger partial charge is 0.466 e. The Labute approximate surface area is 122 Å². The van der Waals surface area contributed by atoms with Gasteiger partial charge in [0, 0.05) is 24.7 Å². The fourth-order valence-electron chi connectivity index (χ4n) is 1.97. The van der Waals surface area contributed by atoms with Crippen molar-refractivity contribution in [3.8, 4) is 0 Å². The van der Waals surface area contributed by atoms with E-state index in [9.17, 15) is 9.59 Å². The third kappa shape index (κ3) is 3.31. The second-order valence-electron chi connectivity index (χ2n) is 4.66. The van der Waals surface area contributed by atoms with Gasteiger partial charge in [0.2, 0.25) is 0 Å². The van der Waals surface area contributed by atoms with Gasteiger partial charge in [-0.05, 0) is 25.1 Å². The van der Waals surface area contributed by atoms with E-state index in [-0.39, 0.29) is 24.8 Å². The molecule has 1 aromatic carbocycles. The van der Waals surface area contributed by atoms with Gasteiger partial charge < -0.3 is 15.4 Å². The molecular formula is C14H18N4O3. The molecule has 0 unspecified atom stereocenters. The molecule has 3 N–H and O–H groups in total. The molecule has 21 heavy (non-hydrogen) atoms. The Bertz CT molecular complexity index is 665. The first-order chi connectivity index (χ1) is 10.0. The summed E-state index contributed by atoms with van der Waals surface area (Å²) in [6.07, 6.45) is 0.153. The van der Waals surface area contributed by atoms with Crippen LogP contribution in [-0.2, 0) is 9.53 Å². The number of nitrogens with zero attached hydrogens (tertiary/aromatic N) is 2. The number of nitrogens with one attached hydrogen (secondary N) is 1. The van der Waals surface area contributed by atoms with Crippen molar-refractivity contribution in [3.63, 3.8) is 0 Å². The van der Waals surface area contributed by atoms with Gasteiger partial charge >= 0.3 is 5.97 Å². The number of nitrogens with two attached hydrogens (primary N) is 1. The van der Waals surface area contributed by atoms with Crippen molar-refractivity contribution in [1.29, 1.82) is 0 Å². The number of anilines is 1. The number of hydrogen-bond donors (Lipinski definition) is 2. The van der Waals surface area contributed by atoms with Crippen LogP contribution in [0.25, 0.3) is 10.9 Å². The van der Waals surface area contributed by atoms with Crippen molar-refractivity contribution >= 4 is 28.5 Å². The Kier molecular flexibility index (Phi) is 4.42. The quantitative estimate of drug-likeness (QED) is 0.636. The van der Waals surface area contributed by atoms with Crippen molar-refractivity contribution in [2.75, 3.05) is 25.9 Å². The van der Waals surface area contributed by atoms with Crippen LogP contribution >= 0.6 is 0 Å². The number of nitrogen functional groups attached to an aromatic ring is 1. The van der Waals surface area contributed by atoms with Crippen LogP contribution in [0.1, 0.15) is 23.8 Å². The zero-order chi connectivity index (χ0) is 15.4. The van der Waals surface area contributed by atoms with Crippen molar-refractivity contribution < 1.29 is 14.3 Å². The van der Waals surface area contributed by atoms with Crippen molar-refractivity contribution in [2.24, 2.45) is 0 Å². The first-order valence-corrected chi connectivity index (χ1v) is 6.67. The minimum atomic E-state index is -0.326. The molecule has 0 aliphatic rings. The van der Waals surface area contributed by atoms with Gasteiger partial charge in [0.05, 0.1) is 18.5 Å². The van der Waals surface area contributed by atoms with E-state index in [4.69, 9.17) is 10.5 Å². The molecule has 0 bridgehead atoms. The van der Waals surface area contributed by atoms with Gasteiger partial charge in [-0.25, -0.2) is 0 Å². The molecule has 1 heterocycles. The lowest BCUT2D eigenvalue weighted by Crippen LogP contribution is -2.29. The van der Waals surface area contributed by atoms with Crippen LogP contribution in [0, 0.1) is 0 Å². The van der Waals surface area contributed by atoms with Gasteiger partial charge in [0.1, 0.15) is 0 Å². The number of carbonyl (C=O) groups excluding carboxylic acids is 2. The number of benzene rings is 1. The Balaban J connectivity index is 2.10. The van der Waals surface area contributed by atoms with E-state index in [0.29, 0.717) is 23.4 Å². The molecule has 0 spiro atoms. The number of rotatable bonds is 5. The molecule has 0 fully saturated rings. The maximum Gasteiger partial charge on any atom is 0.307 e. The lowest BCUT2D eigenvalue weighted by molar-refractivity contribution is -0.143. The topological polar surface area (TPSA) is 101 Å². The average Bonchev–Trinajstić information content (AvgIpc) is 2.87. The Morgan fingerprint density at radius 1 is 1.43 bits per heavy atom. The first-order valence-electron chi connectivity index (χ1n) is 6.67. The van der Waals surface area contributed by atoms with Crippen LogP contribution in [0.5, 0.6) is 0 Å². The number of ether oxygens (including phenoxy) is 1. The minimum absolute atomic E-state index is 0.153. The molecular weight excluding hydrogens is 272 g/mol. The normalized spacial score (nSPS) is 10.6. The summed E-state index contributed by atoms with van der Waals surface area (Å²) in [6, 6.07) is 5.21. The van der Waals surface area contributed by atoms with Crippen LogP contribution in [0.2, 0.25) is 0 Å². The SMILES string of the molecule is CCOC(=O)CCN(C)C(=O)c1n[nH]c2ccc(N)cc12. The first kappa shape index (κ1) is 14.8. The molecule has 0 radical (unpaired) electrons. The third-order valence-electron chi connectivity index (χ3n) is 3.09. The lowest BCUT2D eigenvalue weighted by atomic mass is 10.2. The zero-order valence-corrected chi connectivity index (χ0v) is 12.0. The highest BCUT2D eigenvalue weighted by atomic mass is 16.5. The summed E-state index contributed by atoms with van der Waals surface area (Å²) in [6.45, 7) is 2.35. The van der Waals surface area contributed by atoms with Gasteiger partial charge in [-0.1, -0.05) is 0 Å². The van der Waals surface area contributed by atoms with Crippen LogP contribution in [0.15, 0.2) is 18.2 Å². The van der Waals surface area contributed by atoms with Crippen LogP contribution in [0.4, 0.5) is 5.69 Å². The number of H-pyrrole nitrogens is 1. The monoisotopic (exact) mass is 290 g/mol. The molecule has 0 aliphatic heterocycles. The summed E-state index contributed by atoms with van der Waals surface area (Å²) in [5, 5.41) is 7.49. The molecule has 1 aromatic heterocycles. The average molecular weight is 290 g/mol. The summed E-state index contributed by atoms with van der Waals surface area (Å²) in [5.74, 6) is -0.593. The van der Waals surface area contributed by atoms with E-state index < -0.39 is 0 Å². The number of esters is 1. The predicted molar refractivity (Wildman–Crippen MR) is 78.7 cm³/mol. The number of hydrogen-bond acceptors (Lipinski definition) is 5. The maximum absolute atomic E-state index is 12.4. The molecule has 0 saturated heterocycles. The predicted octanol–water partition coefficient (Wildman–Crippen LogP) is 1.17. The standard InChI is InChI=1S/C14H18N4O3/c1-3-21-12(19)6-7-18(2)14(20)13-10-8-9(15)4-5-11(10)16-17-13/h4-5,8H,3,6-7,15H2,1-2H3,(H,16,17). The molecule has 0 saturated carbocycles. The molecule has 2 aromatic rings. The zero-order valence-electron chi connectivity index (χ0n) is 12.0. The summed E-state index contributed by atoms with van der Waals surface area (Å²) in [4.78, 5) is 25.1. The highest BCUT2D eigenvalue weighted by Gasteiger charge is 2.19. The molecule has 7 nitrogen and oxygen atoms in total. The van der Waals surface area contributed by atoms with Crippen molar-refractivity contribution in [3.05, 3.63) is 23.9 Å². The van der Waals surface area contributed by atoms with Crippen molar-refractivity contribution in [2.45, 2.75) is 13.3 Å². The van der Waals surface area contributed by atoms with Crippen LogP contribution in [0.3, 0.4) is 0 Å². The van der Waals surface area contributed by atoms with E-state index in [0.717, 1.165) is 5.52 Å². The number of carbonyl (C=O) groups is 2. The third-order valence-corrected chi connectivity index (χ3v) is 3.09. The van der Waals surface area contributed by atoms with Crippen molar-refractivity contribution in [1.82, 2.24) is 15.1 Å². The number of aromatic nitrogens is 2. The van der Waals surface area contributed by atoms with E-state index in [1.165, 1.54) is 4.90 Å². The molecule has 0 atom stereocenters. The summed E-state index contributed by atoms with van der Waals surface area (Å²) < 4.78 is 4.83. The lowest BCUT2D eigenvalue weighted by Gasteiger charge is -2.15. The second kappa shape index (κ2) is 6.25. The summed E-state index contributed by atoms with van der Waals surface area (Å²) in [7, 11) is 1.62. The van der Waals surface area contributed by atoms with Gasteiger partial charge in [-0.3, -0.25) is 14.7 Å². The number of fused-ring (bicyclic) bond motifs is 1. The maximum atomic E-state index is 12.4. The summed E-state index contributed by atoms with van der Waals surface area (Å²) >= 11 is 0. The molecule has 7 heteroatoms. The van der Waals surface area contributed by atoms with E-state index >= 15 is 0 Å². The Morgan fingerprint density at radius 3 is 2.90 bits per heavy atom.